The first-order valence-electron chi connectivity index (χ1n) is 6.45. The molecule has 0 aromatic carbocycles. The summed E-state index contributed by atoms with van der Waals surface area (Å²) in [7, 11) is 0. The van der Waals surface area contributed by atoms with E-state index >= 15 is 0 Å². The number of carbonyl (C=O) groups is 2. The number of ether oxygens (including phenoxy) is 1. The van der Waals surface area contributed by atoms with Crippen molar-refractivity contribution in [3.05, 3.63) is 18.2 Å². The molecule has 0 bridgehead atoms. The van der Waals surface area contributed by atoms with Crippen molar-refractivity contribution in [2.75, 3.05) is 26.2 Å². The Bertz CT molecular complexity index is 488. The van der Waals surface area contributed by atoms with Crippen LogP contribution in [0.5, 0.6) is 0 Å². The zero-order valence-electron chi connectivity index (χ0n) is 11.3. The van der Waals surface area contributed by atoms with Gasteiger partial charge in [-0.2, -0.15) is 0 Å². The summed E-state index contributed by atoms with van der Waals surface area (Å²) in [6.45, 7) is 4.55. The van der Waals surface area contributed by atoms with Crippen LogP contribution < -0.4 is 5.32 Å². The molecule has 1 atom stereocenters. The normalized spacial score (nSPS) is 18.9. The first kappa shape index (κ1) is 14.3. The molecule has 2 amide bonds. The van der Waals surface area contributed by atoms with Crippen molar-refractivity contribution in [3.63, 3.8) is 0 Å². The van der Waals surface area contributed by atoms with Gasteiger partial charge in [0.1, 0.15) is 0 Å². The standard InChI is InChI=1S/C12H18N4O4/c1-9-6-16(4-5-20-9)12(19)13-2-3-15-7-10(11(17)18)14-8-15/h7-9H,2-6H2,1H3,(H,13,19)(H,17,18). The van der Waals surface area contributed by atoms with Crippen LogP contribution in [0.1, 0.15) is 17.4 Å². The molecule has 110 valence electrons. The molecule has 0 spiro atoms. The molecule has 1 saturated heterocycles. The lowest BCUT2D eigenvalue weighted by Gasteiger charge is -2.31. The molecule has 8 heteroatoms. The topological polar surface area (TPSA) is 96.7 Å². The van der Waals surface area contributed by atoms with Crippen LogP contribution in [0.4, 0.5) is 4.79 Å². The number of morpholine rings is 1. The molecule has 1 aromatic heterocycles. The average molecular weight is 282 g/mol. The van der Waals surface area contributed by atoms with Gasteiger partial charge in [-0.15, -0.1) is 0 Å². The summed E-state index contributed by atoms with van der Waals surface area (Å²) in [5.74, 6) is -1.06. The molecule has 1 fully saturated rings. The fourth-order valence-electron chi connectivity index (χ4n) is 2.00. The molecule has 2 heterocycles. The second-order valence-electron chi connectivity index (χ2n) is 4.66. The van der Waals surface area contributed by atoms with Crippen molar-refractivity contribution in [1.29, 1.82) is 0 Å². The third-order valence-corrected chi connectivity index (χ3v) is 3.03. The number of nitrogens with one attached hydrogen (secondary N) is 1. The molecule has 20 heavy (non-hydrogen) atoms. The number of urea groups is 1. The molecule has 0 aliphatic carbocycles. The Morgan fingerprint density at radius 3 is 3.05 bits per heavy atom. The van der Waals surface area contributed by atoms with E-state index in [1.165, 1.54) is 12.5 Å². The average Bonchev–Trinajstić information content (AvgIpc) is 2.87. The van der Waals surface area contributed by atoms with E-state index in [1.54, 1.807) is 9.47 Å². The van der Waals surface area contributed by atoms with Crippen LogP contribution in [0.25, 0.3) is 0 Å². The number of nitrogens with zero attached hydrogens (tertiary/aromatic N) is 3. The van der Waals surface area contributed by atoms with E-state index in [1.807, 2.05) is 6.92 Å². The molecule has 1 unspecified atom stereocenters. The summed E-state index contributed by atoms with van der Waals surface area (Å²) in [5.41, 5.74) is -0.00155. The molecule has 0 radical (unpaired) electrons. The summed E-state index contributed by atoms with van der Waals surface area (Å²) >= 11 is 0. The third-order valence-electron chi connectivity index (χ3n) is 3.03. The number of carboxylic acid groups (broad SMARTS) is 1. The Kier molecular flexibility index (Phi) is 4.57. The van der Waals surface area contributed by atoms with Crippen LogP contribution in [0.2, 0.25) is 0 Å². The number of carbonyl (C=O) groups excluding carboxylic acids is 1. The van der Waals surface area contributed by atoms with Gasteiger partial charge in [0.2, 0.25) is 0 Å². The van der Waals surface area contributed by atoms with Crippen LogP contribution in [-0.4, -0.2) is 63.9 Å². The van der Waals surface area contributed by atoms with E-state index in [0.29, 0.717) is 32.8 Å². The minimum atomic E-state index is -1.06. The monoisotopic (exact) mass is 282 g/mol. The van der Waals surface area contributed by atoms with Crippen molar-refractivity contribution < 1.29 is 19.4 Å². The fraction of sp³-hybridized carbons (Fsp3) is 0.583. The molecule has 2 rings (SSSR count). The maximum Gasteiger partial charge on any atom is 0.356 e. The molecule has 0 saturated carbocycles. The maximum atomic E-state index is 11.9. The first-order chi connectivity index (χ1) is 9.56. The van der Waals surface area contributed by atoms with E-state index < -0.39 is 5.97 Å². The van der Waals surface area contributed by atoms with Gasteiger partial charge < -0.3 is 24.6 Å². The van der Waals surface area contributed by atoms with Crippen molar-refractivity contribution >= 4 is 12.0 Å². The predicted octanol–water partition coefficient (Wildman–Crippen LogP) is 0.0116. The number of carboxylic acids is 1. The third kappa shape index (κ3) is 3.70. The minimum Gasteiger partial charge on any atom is -0.476 e. The van der Waals surface area contributed by atoms with Gasteiger partial charge in [0.15, 0.2) is 5.69 Å². The van der Waals surface area contributed by atoms with Crippen molar-refractivity contribution in [1.82, 2.24) is 19.8 Å². The Hall–Kier alpha value is -2.09. The number of hydrogen-bond acceptors (Lipinski definition) is 4. The second-order valence-corrected chi connectivity index (χ2v) is 4.66. The highest BCUT2D eigenvalue weighted by Crippen LogP contribution is 2.04. The Balaban J connectivity index is 1.74. The Morgan fingerprint density at radius 2 is 2.40 bits per heavy atom. The molecule has 8 nitrogen and oxygen atoms in total. The van der Waals surface area contributed by atoms with E-state index in [2.05, 4.69) is 10.3 Å². The molecular weight excluding hydrogens is 264 g/mol. The minimum absolute atomic E-state index is 0.00155. The molecular formula is C12H18N4O4. The summed E-state index contributed by atoms with van der Waals surface area (Å²) in [5, 5.41) is 11.5. The van der Waals surface area contributed by atoms with Gasteiger partial charge in [-0.1, -0.05) is 0 Å². The summed E-state index contributed by atoms with van der Waals surface area (Å²) in [4.78, 5) is 28.0. The van der Waals surface area contributed by atoms with Gasteiger partial charge in [0.25, 0.3) is 0 Å². The number of amides is 2. The highest BCUT2D eigenvalue weighted by atomic mass is 16.5. The summed E-state index contributed by atoms with van der Waals surface area (Å²) in [6, 6.07) is -0.126. The van der Waals surface area contributed by atoms with Gasteiger partial charge in [-0.25, -0.2) is 14.6 Å². The fourth-order valence-corrected chi connectivity index (χ4v) is 2.00. The van der Waals surface area contributed by atoms with Crippen molar-refractivity contribution in [3.8, 4) is 0 Å². The number of aromatic carboxylic acids is 1. The quantitative estimate of drug-likeness (QED) is 0.811. The van der Waals surface area contributed by atoms with Gasteiger partial charge in [-0.05, 0) is 6.92 Å². The van der Waals surface area contributed by atoms with Crippen molar-refractivity contribution in [2.24, 2.45) is 0 Å². The van der Waals surface area contributed by atoms with Crippen molar-refractivity contribution in [2.45, 2.75) is 19.6 Å². The van der Waals surface area contributed by atoms with Gasteiger partial charge in [0.05, 0.1) is 19.0 Å². The van der Waals surface area contributed by atoms with E-state index in [4.69, 9.17) is 9.84 Å². The zero-order chi connectivity index (χ0) is 14.5. The molecule has 1 aromatic rings. The maximum absolute atomic E-state index is 11.9. The first-order valence-corrected chi connectivity index (χ1v) is 6.45. The molecule has 2 N–H and O–H groups in total. The predicted molar refractivity (Wildman–Crippen MR) is 69.6 cm³/mol. The lowest BCUT2D eigenvalue weighted by molar-refractivity contribution is -0.00346. The largest absolute Gasteiger partial charge is 0.476 e. The van der Waals surface area contributed by atoms with Crippen LogP contribution in [-0.2, 0) is 11.3 Å². The summed E-state index contributed by atoms with van der Waals surface area (Å²) < 4.78 is 7.00. The Labute approximate surface area is 116 Å². The number of rotatable bonds is 4. The second kappa shape index (κ2) is 6.38. The van der Waals surface area contributed by atoms with Gasteiger partial charge in [0, 0.05) is 32.4 Å². The molecule has 1 aliphatic heterocycles. The number of imidazole rings is 1. The highest BCUT2D eigenvalue weighted by molar-refractivity contribution is 5.84. The zero-order valence-corrected chi connectivity index (χ0v) is 11.3. The Morgan fingerprint density at radius 1 is 1.60 bits per heavy atom. The van der Waals surface area contributed by atoms with Gasteiger partial charge >= 0.3 is 12.0 Å². The summed E-state index contributed by atoms with van der Waals surface area (Å²) in [6.07, 6.45) is 2.93. The van der Waals surface area contributed by atoms with Crippen LogP contribution in [0.15, 0.2) is 12.5 Å². The number of aromatic nitrogens is 2. The van der Waals surface area contributed by atoms with E-state index in [-0.39, 0.29) is 17.8 Å². The lowest BCUT2D eigenvalue weighted by Crippen LogP contribution is -2.49. The highest BCUT2D eigenvalue weighted by Gasteiger charge is 2.20. The van der Waals surface area contributed by atoms with Gasteiger partial charge in [-0.3, -0.25) is 0 Å². The van der Waals surface area contributed by atoms with Crippen LogP contribution >= 0.6 is 0 Å². The SMILES string of the molecule is CC1CN(C(=O)NCCn2cnc(C(=O)O)c2)CCO1. The van der Waals surface area contributed by atoms with E-state index in [9.17, 15) is 9.59 Å². The molecule has 1 aliphatic rings. The number of hydrogen-bond donors (Lipinski definition) is 2. The smallest absolute Gasteiger partial charge is 0.356 e. The van der Waals surface area contributed by atoms with E-state index in [0.717, 1.165) is 0 Å². The lowest BCUT2D eigenvalue weighted by atomic mass is 10.3. The van der Waals surface area contributed by atoms with Crippen LogP contribution in [0, 0.1) is 0 Å². The van der Waals surface area contributed by atoms with Crippen LogP contribution in [0.3, 0.4) is 0 Å².